The molecule has 2 rings (SSSR count). The molecule has 21 heavy (non-hydrogen) atoms. The Morgan fingerprint density at radius 3 is 2.86 bits per heavy atom. The number of nitrogens with zero attached hydrogens (tertiary/aromatic N) is 3. The van der Waals surface area contributed by atoms with Gasteiger partial charge in [-0.2, -0.15) is 0 Å². The van der Waals surface area contributed by atoms with Crippen LogP contribution in [0.15, 0.2) is 17.8 Å². The van der Waals surface area contributed by atoms with Crippen molar-refractivity contribution in [2.75, 3.05) is 0 Å². The van der Waals surface area contributed by atoms with Gasteiger partial charge in [0.05, 0.1) is 5.25 Å². The summed E-state index contributed by atoms with van der Waals surface area (Å²) in [6.07, 6.45) is 7.76. The molecule has 0 aliphatic heterocycles. The van der Waals surface area contributed by atoms with Crippen LogP contribution in [0.25, 0.3) is 0 Å². The first-order valence-electron chi connectivity index (χ1n) is 7.59. The van der Waals surface area contributed by atoms with Gasteiger partial charge in [-0.25, -0.2) is 0 Å². The van der Waals surface area contributed by atoms with Gasteiger partial charge >= 0.3 is 0 Å². The molecule has 6 heteroatoms. The Hall–Kier alpha value is -1.30. The zero-order chi connectivity index (χ0) is 15.2. The topological polar surface area (TPSA) is 59.8 Å². The van der Waals surface area contributed by atoms with Crippen LogP contribution < -0.4 is 5.32 Å². The second-order valence-corrected chi connectivity index (χ2v) is 6.84. The zero-order valence-corrected chi connectivity index (χ0v) is 13.7. The smallest absolute Gasteiger partial charge is 0.233 e. The van der Waals surface area contributed by atoms with Crippen molar-refractivity contribution in [3.8, 4) is 0 Å². The number of carbonyl (C=O) groups excluding carboxylic acids is 1. The van der Waals surface area contributed by atoms with Crippen molar-refractivity contribution >= 4 is 17.7 Å². The van der Waals surface area contributed by atoms with Crippen molar-refractivity contribution in [1.29, 1.82) is 0 Å². The molecule has 0 spiro atoms. The van der Waals surface area contributed by atoms with Gasteiger partial charge in [0.2, 0.25) is 5.91 Å². The van der Waals surface area contributed by atoms with E-state index < -0.39 is 0 Å². The monoisotopic (exact) mass is 308 g/mol. The molecule has 0 saturated heterocycles. The SMILES string of the molecule is C=CCn1c(C)nnc1SC(C)C(=O)NC1CCCCC1. The van der Waals surface area contributed by atoms with Gasteiger partial charge in [0.25, 0.3) is 0 Å². The lowest BCUT2D eigenvalue weighted by Crippen LogP contribution is -2.40. The van der Waals surface area contributed by atoms with E-state index >= 15 is 0 Å². The molecule has 0 bridgehead atoms. The standard InChI is InChI=1S/C15H24N4OS/c1-4-10-19-12(3)17-18-15(19)21-11(2)14(20)16-13-8-6-5-7-9-13/h4,11,13H,1,5-10H2,2-3H3,(H,16,20). The van der Waals surface area contributed by atoms with Crippen LogP contribution in [0.2, 0.25) is 0 Å². The number of hydrogen-bond acceptors (Lipinski definition) is 4. The number of amides is 1. The maximum absolute atomic E-state index is 12.3. The first kappa shape index (κ1) is 16.1. The van der Waals surface area contributed by atoms with Crippen LogP contribution in [0.3, 0.4) is 0 Å². The van der Waals surface area contributed by atoms with Gasteiger partial charge in [0.15, 0.2) is 5.16 Å². The molecule has 0 radical (unpaired) electrons. The Morgan fingerprint density at radius 2 is 2.19 bits per heavy atom. The van der Waals surface area contributed by atoms with Crippen LogP contribution in [0.5, 0.6) is 0 Å². The third-order valence-electron chi connectivity index (χ3n) is 3.82. The lowest BCUT2D eigenvalue weighted by Gasteiger charge is -2.24. The van der Waals surface area contributed by atoms with Crippen molar-refractivity contribution in [3.63, 3.8) is 0 Å². The maximum atomic E-state index is 12.3. The fourth-order valence-electron chi connectivity index (χ4n) is 2.57. The number of nitrogens with one attached hydrogen (secondary N) is 1. The van der Waals surface area contributed by atoms with E-state index in [4.69, 9.17) is 0 Å². The third kappa shape index (κ3) is 4.33. The molecular weight excluding hydrogens is 284 g/mol. The minimum Gasteiger partial charge on any atom is -0.352 e. The van der Waals surface area contributed by atoms with Crippen LogP contribution in [-0.4, -0.2) is 32.0 Å². The quantitative estimate of drug-likeness (QED) is 0.648. The van der Waals surface area contributed by atoms with Crippen molar-refractivity contribution in [1.82, 2.24) is 20.1 Å². The normalized spacial score (nSPS) is 17.4. The molecule has 116 valence electrons. The Morgan fingerprint density at radius 1 is 1.48 bits per heavy atom. The van der Waals surface area contributed by atoms with Gasteiger partial charge in [0, 0.05) is 12.6 Å². The number of rotatable bonds is 6. The third-order valence-corrected chi connectivity index (χ3v) is 4.90. The highest BCUT2D eigenvalue weighted by molar-refractivity contribution is 8.00. The number of carbonyl (C=O) groups is 1. The van der Waals surface area contributed by atoms with E-state index in [1.54, 1.807) is 0 Å². The summed E-state index contributed by atoms with van der Waals surface area (Å²) in [5.41, 5.74) is 0. The van der Waals surface area contributed by atoms with Gasteiger partial charge < -0.3 is 9.88 Å². The van der Waals surface area contributed by atoms with E-state index in [9.17, 15) is 4.79 Å². The summed E-state index contributed by atoms with van der Waals surface area (Å²) in [4.78, 5) is 12.3. The molecule has 1 aliphatic carbocycles. The summed E-state index contributed by atoms with van der Waals surface area (Å²) in [5, 5.41) is 12.0. The molecule has 1 aromatic rings. The highest BCUT2D eigenvalue weighted by Crippen LogP contribution is 2.23. The summed E-state index contributed by atoms with van der Waals surface area (Å²) in [5.74, 6) is 0.940. The van der Waals surface area contributed by atoms with Crippen molar-refractivity contribution < 1.29 is 4.79 Å². The van der Waals surface area contributed by atoms with E-state index in [0.29, 0.717) is 12.6 Å². The van der Waals surface area contributed by atoms with E-state index in [2.05, 4.69) is 22.1 Å². The molecule has 1 heterocycles. The van der Waals surface area contributed by atoms with Crippen LogP contribution in [0.4, 0.5) is 0 Å². The molecule has 5 nitrogen and oxygen atoms in total. The summed E-state index contributed by atoms with van der Waals surface area (Å²) in [7, 11) is 0. The average molecular weight is 308 g/mol. The first-order valence-corrected chi connectivity index (χ1v) is 8.47. The second-order valence-electron chi connectivity index (χ2n) is 5.53. The predicted octanol–water partition coefficient (Wildman–Crippen LogP) is 2.70. The molecule has 1 aliphatic rings. The minimum atomic E-state index is -0.168. The molecule has 1 amide bonds. The lowest BCUT2D eigenvalue weighted by atomic mass is 9.95. The van der Waals surface area contributed by atoms with Crippen LogP contribution in [0, 0.1) is 6.92 Å². The molecule has 1 N–H and O–H groups in total. The van der Waals surface area contributed by atoms with Gasteiger partial charge in [-0.05, 0) is 26.7 Å². The van der Waals surface area contributed by atoms with Crippen molar-refractivity contribution in [2.24, 2.45) is 0 Å². The molecule has 1 aromatic heterocycles. The fourth-order valence-corrected chi connectivity index (χ4v) is 3.48. The van der Waals surface area contributed by atoms with E-state index in [1.807, 2.05) is 24.5 Å². The molecule has 1 saturated carbocycles. The maximum Gasteiger partial charge on any atom is 0.233 e. The van der Waals surface area contributed by atoms with Gasteiger partial charge in [0.1, 0.15) is 5.82 Å². The highest BCUT2D eigenvalue weighted by atomic mass is 32.2. The Labute approximate surface area is 130 Å². The number of hydrogen-bond donors (Lipinski definition) is 1. The van der Waals surface area contributed by atoms with Crippen molar-refractivity contribution in [2.45, 2.75) is 68.9 Å². The van der Waals surface area contributed by atoms with Gasteiger partial charge in [-0.15, -0.1) is 16.8 Å². The van der Waals surface area contributed by atoms with Crippen LogP contribution >= 0.6 is 11.8 Å². The van der Waals surface area contributed by atoms with E-state index in [0.717, 1.165) is 23.8 Å². The zero-order valence-electron chi connectivity index (χ0n) is 12.8. The first-order chi connectivity index (χ1) is 10.1. The molecule has 0 aromatic carbocycles. The average Bonchev–Trinajstić information content (AvgIpc) is 2.82. The number of allylic oxidation sites excluding steroid dienone is 1. The highest BCUT2D eigenvalue weighted by Gasteiger charge is 2.22. The number of aryl methyl sites for hydroxylation is 1. The fraction of sp³-hybridized carbons (Fsp3) is 0.667. The summed E-state index contributed by atoms with van der Waals surface area (Å²) < 4.78 is 1.97. The molecular formula is C15H24N4OS. The number of thioether (sulfide) groups is 1. The van der Waals surface area contributed by atoms with Gasteiger partial charge in [-0.3, -0.25) is 4.79 Å². The van der Waals surface area contributed by atoms with Crippen molar-refractivity contribution in [3.05, 3.63) is 18.5 Å². The Balaban J connectivity index is 1.92. The van der Waals surface area contributed by atoms with Gasteiger partial charge in [-0.1, -0.05) is 37.1 Å². The van der Waals surface area contributed by atoms with Crippen LogP contribution in [0.1, 0.15) is 44.9 Å². The summed E-state index contributed by atoms with van der Waals surface area (Å²) in [6, 6.07) is 0.349. The largest absolute Gasteiger partial charge is 0.352 e. The molecule has 1 fully saturated rings. The number of aromatic nitrogens is 3. The molecule has 1 atom stereocenters. The Bertz CT molecular complexity index is 494. The molecule has 1 unspecified atom stereocenters. The summed E-state index contributed by atoms with van der Waals surface area (Å²) in [6.45, 7) is 8.24. The summed E-state index contributed by atoms with van der Waals surface area (Å²) >= 11 is 1.46. The second kappa shape index (κ2) is 7.64. The predicted molar refractivity (Wildman–Crippen MR) is 85.3 cm³/mol. The van der Waals surface area contributed by atoms with E-state index in [1.165, 1.54) is 31.0 Å². The minimum absolute atomic E-state index is 0.0951. The lowest BCUT2D eigenvalue weighted by molar-refractivity contribution is -0.121. The van der Waals surface area contributed by atoms with E-state index in [-0.39, 0.29) is 11.2 Å². The Kier molecular flexibility index (Phi) is 5.85. The van der Waals surface area contributed by atoms with Crippen LogP contribution in [-0.2, 0) is 11.3 Å².